The Labute approximate surface area is 177 Å². The van der Waals surface area contributed by atoms with Crippen LogP contribution in [0.4, 0.5) is 15.2 Å². The lowest BCUT2D eigenvalue weighted by atomic mass is 10.2. The van der Waals surface area contributed by atoms with Gasteiger partial charge in [0.1, 0.15) is 11.5 Å². The number of carbonyl (C=O) groups excluding carboxylic acids is 1. The lowest BCUT2D eigenvalue weighted by molar-refractivity contribution is 0.0946. The van der Waals surface area contributed by atoms with Crippen LogP contribution < -0.4 is 15.1 Å². The van der Waals surface area contributed by atoms with Crippen molar-refractivity contribution in [1.82, 2.24) is 10.3 Å². The summed E-state index contributed by atoms with van der Waals surface area (Å²) in [5.41, 5.74) is 2.26. The van der Waals surface area contributed by atoms with E-state index in [4.69, 9.17) is 11.6 Å². The van der Waals surface area contributed by atoms with Crippen LogP contribution in [0.3, 0.4) is 0 Å². The maximum absolute atomic E-state index is 13.2. The number of hydrogen-bond donors (Lipinski definition) is 1. The highest BCUT2D eigenvalue weighted by atomic mass is 35.5. The van der Waals surface area contributed by atoms with E-state index in [-0.39, 0.29) is 18.3 Å². The van der Waals surface area contributed by atoms with Crippen LogP contribution in [-0.4, -0.2) is 37.1 Å². The molecule has 0 spiro atoms. The zero-order valence-corrected chi connectivity index (χ0v) is 17.2. The number of nitrogens with zero attached hydrogens (tertiary/aromatic N) is 3. The summed E-state index contributed by atoms with van der Waals surface area (Å²) in [6.45, 7) is 3.69. The van der Waals surface area contributed by atoms with Crippen LogP contribution in [0.15, 0.2) is 53.9 Å². The van der Waals surface area contributed by atoms with Gasteiger partial charge in [-0.25, -0.2) is 9.37 Å². The summed E-state index contributed by atoms with van der Waals surface area (Å²) in [7, 11) is 0. The smallest absolute Gasteiger partial charge is 0.271 e. The molecule has 150 valence electrons. The zero-order valence-electron chi connectivity index (χ0n) is 15.6. The molecule has 1 amide bonds. The van der Waals surface area contributed by atoms with Crippen molar-refractivity contribution in [3.05, 3.63) is 76.0 Å². The first-order chi connectivity index (χ1) is 14.1. The zero-order chi connectivity index (χ0) is 20.2. The molecular weight excluding hydrogens is 411 g/mol. The molecule has 0 aliphatic carbocycles. The first kappa shape index (κ1) is 19.7. The molecule has 1 fully saturated rings. The minimum Gasteiger partial charge on any atom is -0.368 e. The third-order valence-electron chi connectivity index (χ3n) is 4.81. The molecule has 29 heavy (non-hydrogen) atoms. The van der Waals surface area contributed by atoms with Gasteiger partial charge >= 0.3 is 0 Å². The van der Waals surface area contributed by atoms with E-state index in [1.54, 1.807) is 17.5 Å². The number of aromatic nitrogens is 1. The van der Waals surface area contributed by atoms with Crippen molar-refractivity contribution in [3.8, 4) is 0 Å². The summed E-state index contributed by atoms with van der Waals surface area (Å²) in [6, 6.07) is 14.1. The topological polar surface area (TPSA) is 48.5 Å². The van der Waals surface area contributed by atoms with Gasteiger partial charge in [-0.05, 0) is 42.0 Å². The molecule has 0 saturated carbocycles. The number of rotatable bonds is 5. The fourth-order valence-corrected chi connectivity index (χ4v) is 4.23. The molecule has 0 bridgehead atoms. The van der Waals surface area contributed by atoms with E-state index >= 15 is 0 Å². The second-order valence-electron chi connectivity index (χ2n) is 6.78. The lowest BCUT2D eigenvalue weighted by Crippen LogP contribution is -2.46. The van der Waals surface area contributed by atoms with Crippen LogP contribution in [0, 0.1) is 5.82 Å². The Hall–Kier alpha value is -2.64. The second kappa shape index (κ2) is 8.80. The fourth-order valence-electron chi connectivity index (χ4n) is 3.24. The summed E-state index contributed by atoms with van der Waals surface area (Å²) in [5.74, 6) is -0.568. The van der Waals surface area contributed by atoms with E-state index in [9.17, 15) is 9.18 Å². The normalized spacial score (nSPS) is 14.1. The van der Waals surface area contributed by atoms with Crippen molar-refractivity contribution in [3.63, 3.8) is 0 Å². The number of piperazine rings is 1. The minimum atomic E-state index is -0.314. The number of hydrogen-bond acceptors (Lipinski definition) is 5. The van der Waals surface area contributed by atoms with E-state index in [1.807, 2.05) is 24.3 Å². The van der Waals surface area contributed by atoms with E-state index in [0.717, 1.165) is 42.0 Å². The third-order valence-corrected chi connectivity index (χ3v) is 5.96. The fraction of sp³-hybridized carbons (Fsp3) is 0.238. The number of carbonyl (C=O) groups is 1. The number of amides is 1. The SMILES string of the molecule is O=C(NCc1cccc(F)c1)c1csc(N2CCN(c3ccc(Cl)cc3)CC2)n1. The molecular formula is C21H20ClFN4OS. The van der Waals surface area contributed by atoms with Crippen molar-refractivity contribution in [2.75, 3.05) is 36.0 Å². The first-order valence-electron chi connectivity index (χ1n) is 9.32. The van der Waals surface area contributed by atoms with Gasteiger partial charge in [0.2, 0.25) is 0 Å². The number of thiazole rings is 1. The Morgan fingerprint density at radius 1 is 1.10 bits per heavy atom. The van der Waals surface area contributed by atoms with Gasteiger partial charge in [-0.1, -0.05) is 23.7 Å². The lowest BCUT2D eigenvalue weighted by Gasteiger charge is -2.36. The molecule has 3 aromatic rings. The highest BCUT2D eigenvalue weighted by molar-refractivity contribution is 7.13. The predicted octanol–water partition coefficient (Wildman–Crippen LogP) is 4.19. The number of benzene rings is 2. The van der Waals surface area contributed by atoms with E-state index in [1.165, 1.54) is 23.5 Å². The monoisotopic (exact) mass is 430 g/mol. The predicted molar refractivity (Wildman–Crippen MR) is 116 cm³/mol. The maximum atomic E-state index is 13.2. The second-order valence-corrected chi connectivity index (χ2v) is 8.05. The van der Waals surface area contributed by atoms with Gasteiger partial charge in [0.15, 0.2) is 5.13 Å². The van der Waals surface area contributed by atoms with E-state index in [0.29, 0.717) is 11.3 Å². The van der Waals surface area contributed by atoms with Gasteiger partial charge in [-0.3, -0.25) is 4.79 Å². The average Bonchev–Trinajstić information content (AvgIpc) is 3.23. The molecule has 0 radical (unpaired) electrons. The van der Waals surface area contributed by atoms with Gasteiger partial charge in [0, 0.05) is 48.8 Å². The molecule has 0 unspecified atom stereocenters. The highest BCUT2D eigenvalue weighted by Gasteiger charge is 2.21. The molecule has 2 heterocycles. The van der Waals surface area contributed by atoms with Gasteiger partial charge < -0.3 is 15.1 Å². The summed E-state index contributed by atoms with van der Waals surface area (Å²) >= 11 is 7.43. The summed E-state index contributed by atoms with van der Waals surface area (Å²) < 4.78 is 13.2. The largest absolute Gasteiger partial charge is 0.368 e. The molecule has 1 saturated heterocycles. The van der Waals surface area contributed by atoms with Gasteiger partial charge in [-0.2, -0.15) is 0 Å². The Morgan fingerprint density at radius 3 is 2.55 bits per heavy atom. The van der Waals surface area contributed by atoms with Crippen LogP contribution in [0.5, 0.6) is 0 Å². The number of nitrogens with one attached hydrogen (secondary N) is 1. The quantitative estimate of drug-likeness (QED) is 0.659. The van der Waals surface area contributed by atoms with E-state index in [2.05, 4.69) is 20.1 Å². The Balaban J connectivity index is 1.32. The maximum Gasteiger partial charge on any atom is 0.271 e. The first-order valence-corrected chi connectivity index (χ1v) is 10.6. The molecule has 1 aliphatic rings. The Bertz CT molecular complexity index is 986. The summed E-state index contributed by atoms with van der Waals surface area (Å²) in [6.07, 6.45) is 0. The molecule has 5 nitrogen and oxygen atoms in total. The van der Waals surface area contributed by atoms with Crippen LogP contribution in [0.25, 0.3) is 0 Å². The van der Waals surface area contributed by atoms with Gasteiger partial charge in [0.25, 0.3) is 5.91 Å². The van der Waals surface area contributed by atoms with E-state index < -0.39 is 0 Å². The molecule has 4 rings (SSSR count). The van der Waals surface area contributed by atoms with Crippen molar-refractivity contribution in [1.29, 1.82) is 0 Å². The van der Waals surface area contributed by atoms with Crippen LogP contribution >= 0.6 is 22.9 Å². The minimum absolute atomic E-state index is 0.253. The molecule has 2 aromatic carbocycles. The van der Waals surface area contributed by atoms with Gasteiger partial charge in [0.05, 0.1) is 0 Å². The van der Waals surface area contributed by atoms with Crippen LogP contribution in [0.2, 0.25) is 5.02 Å². The standard InChI is InChI=1S/C21H20ClFN4OS/c22-16-4-6-18(7-5-16)26-8-10-27(11-9-26)21-25-19(14-29-21)20(28)24-13-15-2-1-3-17(23)12-15/h1-7,12,14H,8-11,13H2,(H,24,28). The van der Waals surface area contributed by atoms with Crippen molar-refractivity contribution in [2.24, 2.45) is 0 Å². The molecule has 1 aliphatic heterocycles. The highest BCUT2D eigenvalue weighted by Crippen LogP contribution is 2.24. The average molecular weight is 431 g/mol. The van der Waals surface area contributed by atoms with Crippen LogP contribution in [0.1, 0.15) is 16.1 Å². The summed E-state index contributed by atoms with van der Waals surface area (Å²) in [5, 5.41) is 6.14. The molecule has 0 atom stereocenters. The van der Waals surface area contributed by atoms with Crippen molar-refractivity contribution < 1.29 is 9.18 Å². The summed E-state index contributed by atoms with van der Waals surface area (Å²) in [4.78, 5) is 21.4. The molecule has 1 N–H and O–H groups in total. The molecule has 1 aromatic heterocycles. The molecule has 8 heteroatoms. The van der Waals surface area contributed by atoms with Crippen LogP contribution in [-0.2, 0) is 6.54 Å². The van der Waals surface area contributed by atoms with Crippen molar-refractivity contribution >= 4 is 39.7 Å². The van der Waals surface area contributed by atoms with Gasteiger partial charge in [-0.15, -0.1) is 11.3 Å². The number of anilines is 2. The third kappa shape index (κ3) is 4.86. The Morgan fingerprint density at radius 2 is 1.83 bits per heavy atom. The Kier molecular flexibility index (Phi) is 5.97. The van der Waals surface area contributed by atoms with Crippen molar-refractivity contribution in [2.45, 2.75) is 6.54 Å². The number of halogens is 2.